The molecule has 0 atom stereocenters. The minimum atomic E-state index is -0.321. The number of nitrogens with zero attached hydrogens (tertiary/aromatic N) is 3. The van der Waals surface area contributed by atoms with E-state index >= 15 is 0 Å². The van der Waals surface area contributed by atoms with Gasteiger partial charge in [0, 0.05) is 6.54 Å². The lowest BCUT2D eigenvalue weighted by molar-refractivity contribution is 0.100. The highest BCUT2D eigenvalue weighted by atomic mass is 32.1. The van der Waals surface area contributed by atoms with Crippen molar-refractivity contribution in [3.63, 3.8) is 0 Å². The molecule has 118 valence electrons. The third kappa shape index (κ3) is 3.02. The van der Waals surface area contributed by atoms with E-state index in [1.54, 1.807) is 19.1 Å². The van der Waals surface area contributed by atoms with Crippen molar-refractivity contribution in [3.8, 4) is 0 Å². The van der Waals surface area contributed by atoms with E-state index in [0.717, 1.165) is 15.2 Å². The molecule has 0 bridgehead atoms. The van der Waals surface area contributed by atoms with Gasteiger partial charge in [0.2, 0.25) is 0 Å². The van der Waals surface area contributed by atoms with Crippen molar-refractivity contribution in [2.24, 2.45) is 4.99 Å². The van der Waals surface area contributed by atoms with Crippen LogP contribution in [0, 0.1) is 19.7 Å². The van der Waals surface area contributed by atoms with Crippen LogP contribution in [0.15, 0.2) is 35.8 Å². The average molecular weight is 347 g/mol. The molecule has 0 aliphatic rings. The van der Waals surface area contributed by atoms with Gasteiger partial charge < -0.3 is 4.57 Å². The molecule has 0 unspecified atom stereocenters. The molecule has 1 amide bonds. The molecule has 0 saturated carbocycles. The van der Waals surface area contributed by atoms with E-state index in [2.05, 4.69) is 16.6 Å². The third-order valence-corrected chi connectivity index (χ3v) is 5.35. The summed E-state index contributed by atoms with van der Waals surface area (Å²) < 4.78 is 16.0. The Bertz CT molecular complexity index is 981. The fourth-order valence-corrected chi connectivity index (χ4v) is 4.17. The van der Waals surface area contributed by atoms with Gasteiger partial charge in [0.1, 0.15) is 10.7 Å². The van der Waals surface area contributed by atoms with Gasteiger partial charge in [0.25, 0.3) is 5.91 Å². The maximum atomic E-state index is 13.4. The van der Waals surface area contributed by atoms with Crippen LogP contribution in [0.2, 0.25) is 0 Å². The lowest BCUT2D eigenvalue weighted by Crippen LogP contribution is -2.16. The number of amides is 1. The monoisotopic (exact) mass is 347 g/mol. The van der Waals surface area contributed by atoms with Crippen molar-refractivity contribution in [1.82, 2.24) is 9.55 Å². The van der Waals surface area contributed by atoms with Gasteiger partial charge in [-0.3, -0.25) is 4.79 Å². The predicted molar refractivity (Wildman–Crippen MR) is 91.5 cm³/mol. The minimum Gasteiger partial charge on any atom is -0.312 e. The SMILES string of the molecule is C=CCn1c(=NC(=O)c2sc(C)nc2C)sc2cc(F)ccc21. The van der Waals surface area contributed by atoms with Crippen LogP contribution in [-0.4, -0.2) is 15.5 Å². The van der Waals surface area contributed by atoms with Crippen molar-refractivity contribution in [3.05, 3.63) is 57.1 Å². The smallest absolute Gasteiger partial charge is 0.291 e. The summed E-state index contributed by atoms with van der Waals surface area (Å²) in [6.45, 7) is 7.88. The summed E-state index contributed by atoms with van der Waals surface area (Å²) in [7, 11) is 0. The summed E-state index contributed by atoms with van der Waals surface area (Å²) in [5.41, 5.74) is 1.52. The number of thiazole rings is 2. The summed E-state index contributed by atoms with van der Waals surface area (Å²) in [6.07, 6.45) is 1.72. The number of allylic oxidation sites excluding steroid dienone is 1. The van der Waals surface area contributed by atoms with E-state index in [4.69, 9.17) is 0 Å². The van der Waals surface area contributed by atoms with Crippen LogP contribution in [0.25, 0.3) is 10.2 Å². The van der Waals surface area contributed by atoms with Gasteiger partial charge in [-0.2, -0.15) is 4.99 Å². The topological polar surface area (TPSA) is 47.2 Å². The Morgan fingerprint density at radius 1 is 1.43 bits per heavy atom. The second-order valence-corrected chi connectivity index (χ2v) is 7.17. The second-order valence-electron chi connectivity index (χ2n) is 4.96. The molecule has 3 rings (SSSR count). The van der Waals surface area contributed by atoms with Gasteiger partial charge in [-0.15, -0.1) is 17.9 Å². The number of aryl methyl sites for hydroxylation is 2. The number of rotatable bonds is 3. The van der Waals surface area contributed by atoms with Gasteiger partial charge in [0.15, 0.2) is 4.80 Å². The molecule has 0 spiro atoms. The number of benzene rings is 1. The molecule has 0 aliphatic heterocycles. The Hall–Kier alpha value is -2.12. The summed E-state index contributed by atoms with van der Waals surface area (Å²) in [5, 5.41) is 0.832. The molecule has 0 radical (unpaired) electrons. The molecular formula is C16H14FN3OS2. The molecule has 3 aromatic rings. The van der Waals surface area contributed by atoms with Gasteiger partial charge >= 0.3 is 0 Å². The van der Waals surface area contributed by atoms with E-state index in [-0.39, 0.29) is 11.7 Å². The summed E-state index contributed by atoms with van der Waals surface area (Å²) >= 11 is 2.62. The van der Waals surface area contributed by atoms with Crippen LogP contribution < -0.4 is 4.80 Å². The predicted octanol–water partition coefficient (Wildman–Crippen LogP) is 3.84. The second kappa shape index (κ2) is 6.17. The Labute approximate surface area is 140 Å². The maximum absolute atomic E-state index is 13.4. The van der Waals surface area contributed by atoms with Crippen LogP contribution in [0.4, 0.5) is 4.39 Å². The average Bonchev–Trinajstić information content (AvgIpc) is 2.99. The molecule has 2 heterocycles. The summed E-state index contributed by atoms with van der Waals surface area (Å²) in [6, 6.07) is 4.54. The van der Waals surface area contributed by atoms with Crippen LogP contribution in [0.5, 0.6) is 0 Å². The molecule has 2 aromatic heterocycles. The zero-order chi connectivity index (χ0) is 16.6. The number of carbonyl (C=O) groups excluding carboxylic acids is 1. The molecule has 0 saturated heterocycles. The molecule has 23 heavy (non-hydrogen) atoms. The fraction of sp³-hybridized carbons (Fsp3) is 0.188. The Morgan fingerprint density at radius 3 is 2.87 bits per heavy atom. The van der Waals surface area contributed by atoms with E-state index in [1.807, 2.05) is 11.5 Å². The molecular weight excluding hydrogens is 333 g/mol. The first kappa shape index (κ1) is 15.8. The first-order valence-corrected chi connectivity index (χ1v) is 8.55. The minimum absolute atomic E-state index is 0.309. The van der Waals surface area contributed by atoms with Crippen molar-refractivity contribution in [1.29, 1.82) is 0 Å². The molecule has 0 fully saturated rings. The summed E-state index contributed by atoms with van der Waals surface area (Å²) in [4.78, 5) is 22.0. The number of aromatic nitrogens is 2. The van der Waals surface area contributed by atoms with Crippen LogP contribution in [-0.2, 0) is 6.54 Å². The molecule has 4 nitrogen and oxygen atoms in total. The number of carbonyl (C=O) groups is 1. The lowest BCUT2D eigenvalue weighted by Gasteiger charge is -2.00. The number of halogens is 1. The zero-order valence-electron chi connectivity index (χ0n) is 12.7. The highest BCUT2D eigenvalue weighted by molar-refractivity contribution is 7.16. The molecule has 0 aliphatic carbocycles. The van der Waals surface area contributed by atoms with E-state index in [9.17, 15) is 9.18 Å². The van der Waals surface area contributed by atoms with Crippen molar-refractivity contribution in [2.45, 2.75) is 20.4 Å². The molecule has 0 N–H and O–H groups in total. The standard InChI is InChI=1S/C16H14FN3OS2/c1-4-7-20-12-6-5-11(17)8-13(12)23-16(20)19-15(21)14-9(2)18-10(3)22-14/h4-6,8H,1,7H2,2-3H3. The Kier molecular flexibility index (Phi) is 4.23. The fourth-order valence-electron chi connectivity index (χ4n) is 2.31. The number of fused-ring (bicyclic) bond motifs is 1. The van der Waals surface area contributed by atoms with Crippen molar-refractivity contribution < 1.29 is 9.18 Å². The number of hydrogen-bond acceptors (Lipinski definition) is 4. The normalized spacial score (nSPS) is 12.0. The first-order valence-electron chi connectivity index (χ1n) is 6.92. The highest BCUT2D eigenvalue weighted by Gasteiger charge is 2.14. The van der Waals surface area contributed by atoms with E-state index in [0.29, 0.717) is 21.9 Å². The van der Waals surface area contributed by atoms with Crippen LogP contribution >= 0.6 is 22.7 Å². The van der Waals surface area contributed by atoms with Crippen LogP contribution in [0.1, 0.15) is 20.4 Å². The summed E-state index contributed by atoms with van der Waals surface area (Å²) in [5.74, 6) is -0.630. The first-order chi connectivity index (χ1) is 11.0. The van der Waals surface area contributed by atoms with Gasteiger partial charge in [-0.25, -0.2) is 9.37 Å². The van der Waals surface area contributed by atoms with E-state index < -0.39 is 0 Å². The van der Waals surface area contributed by atoms with Crippen molar-refractivity contribution in [2.75, 3.05) is 0 Å². The van der Waals surface area contributed by atoms with Gasteiger partial charge in [-0.1, -0.05) is 17.4 Å². The Balaban J connectivity index is 2.17. The maximum Gasteiger partial charge on any atom is 0.291 e. The molecule has 1 aromatic carbocycles. The van der Waals surface area contributed by atoms with Gasteiger partial charge in [0.05, 0.1) is 20.9 Å². The van der Waals surface area contributed by atoms with Crippen molar-refractivity contribution >= 4 is 38.8 Å². The quantitative estimate of drug-likeness (QED) is 0.676. The lowest BCUT2D eigenvalue weighted by atomic mass is 10.3. The highest BCUT2D eigenvalue weighted by Crippen LogP contribution is 2.20. The Morgan fingerprint density at radius 2 is 2.22 bits per heavy atom. The third-order valence-electron chi connectivity index (χ3n) is 3.25. The largest absolute Gasteiger partial charge is 0.312 e. The van der Waals surface area contributed by atoms with Gasteiger partial charge in [-0.05, 0) is 32.0 Å². The number of hydrogen-bond donors (Lipinski definition) is 0. The molecule has 7 heteroatoms. The van der Waals surface area contributed by atoms with Crippen LogP contribution in [0.3, 0.4) is 0 Å². The van der Waals surface area contributed by atoms with E-state index in [1.165, 1.54) is 34.8 Å². The zero-order valence-corrected chi connectivity index (χ0v) is 14.3.